The van der Waals surface area contributed by atoms with Gasteiger partial charge in [0.05, 0.1) is 0 Å². The molecule has 0 aromatic heterocycles. The summed E-state index contributed by atoms with van der Waals surface area (Å²) < 4.78 is 0. The maximum absolute atomic E-state index is 12.2. The largest absolute Gasteiger partial charge is 0.286 e. The van der Waals surface area contributed by atoms with Gasteiger partial charge in [0.25, 0.3) is 0 Å². The summed E-state index contributed by atoms with van der Waals surface area (Å²) in [6, 6.07) is 16.0. The van der Waals surface area contributed by atoms with E-state index in [9.17, 15) is 9.59 Å². The quantitative estimate of drug-likeness (QED) is 0.454. The highest BCUT2D eigenvalue weighted by Crippen LogP contribution is 2.30. The molecule has 0 heterocycles. The molecule has 1 aliphatic rings. The van der Waals surface area contributed by atoms with Gasteiger partial charge in [0.2, 0.25) is 11.6 Å². The molecule has 94 valence electrons. The average molecular weight is 258 g/mol. The van der Waals surface area contributed by atoms with Gasteiger partial charge < -0.3 is 0 Å². The molecular weight excluding hydrogens is 248 g/mol. The summed E-state index contributed by atoms with van der Waals surface area (Å²) in [5.41, 5.74) is 1.35. The number of benzene rings is 3. The van der Waals surface area contributed by atoms with Crippen LogP contribution in [0.15, 0.2) is 54.6 Å². The van der Waals surface area contributed by atoms with Crippen molar-refractivity contribution in [2.24, 2.45) is 0 Å². The molecule has 0 amide bonds. The highest BCUT2D eigenvalue weighted by Gasteiger charge is 2.23. The molecule has 4 rings (SSSR count). The molecular formula is C18H10O2. The summed E-state index contributed by atoms with van der Waals surface area (Å²) in [6.07, 6.45) is 3.06. The van der Waals surface area contributed by atoms with E-state index in [-0.39, 0.29) is 0 Å². The van der Waals surface area contributed by atoms with Gasteiger partial charge in [-0.3, -0.25) is 9.59 Å². The number of Topliss-reactive ketones (excluding diaryl/α,β-unsaturated/α-hetero) is 1. The van der Waals surface area contributed by atoms with Crippen LogP contribution in [-0.2, 0) is 4.79 Å². The molecule has 0 saturated carbocycles. The molecule has 3 aromatic carbocycles. The van der Waals surface area contributed by atoms with Crippen molar-refractivity contribution in [3.63, 3.8) is 0 Å². The number of carbonyl (C=O) groups is 2. The van der Waals surface area contributed by atoms with Crippen molar-refractivity contribution in [2.75, 3.05) is 0 Å². The predicted octanol–water partition coefficient (Wildman–Crippen LogP) is 3.77. The fraction of sp³-hybridized carbons (Fsp3) is 0. The molecule has 3 aromatic rings. The Morgan fingerprint density at radius 3 is 2.25 bits per heavy atom. The van der Waals surface area contributed by atoms with Crippen LogP contribution in [0.3, 0.4) is 0 Å². The summed E-state index contributed by atoms with van der Waals surface area (Å²) in [5.74, 6) is -0.860. The minimum absolute atomic E-state index is 0.414. The van der Waals surface area contributed by atoms with E-state index >= 15 is 0 Å². The number of carbonyl (C=O) groups excluding carboxylic acids is 2. The number of ketones is 2. The molecule has 0 atom stereocenters. The number of hydrogen-bond acceptors (Lipinski definition) is 2. The van der Waals surface area contributed by atoms with E-state index < -0.39 is 11.6 Å². The standard InChI is InChI=1S/C18H10O2/c19-16-8-7-11-5-6-14-9-12-3-1-2-4-13(12)10-15(14)17(11)18(16)20/h1-10H. The Balaban J connectivity index is 2.18. The van der Waals surface area contributed by atoms with Crippen LogP contribution < -0.4 is 0 Å². The van der Waals surface area contributed by atoms with Crippen LogP contribution in [0.1, 0.15) is 15.9 Å². The van der Waals surface area contributed by atoms with Gasteiger partial charge in [0, 0.05) is 5.56 Å². The number of fused-ring (bicyclic) bond motifs is 4. The Labute approximate surface area is 115 Å². The molecule has 0 N–H and O–H groups in total. The summed E-state index contributed by atoms with van der Waals surface area (Å²) in [4.78, 5) is 23.8. The zero-order valence-electron chi connectivity index (χ0n) is 10.6. The molecule has 0 fully saturated rings. The first-order valence-electron chi connectivity index (χ1n) is 6.46. The van der Waals surface area contributed by atoms with Crippen LogP contribution in [0.2, 0.25) is 0 Å². The van der Waals surface area contributed by atoms with Gasteiger partial charge in [-0.25, -0.2) is 0 Å². The fourth-order valence-electron chi connectivity index (χ4n) is 2.79. The van der Waals surface area contributed by atoms with Gasteiger partial charge in [-0.1, -0.05) is 42.5 Å². The minimum Gasteiger partial charge on any atom is -0.286 e. The van der Waals surface area contributed by atoms with Crippen molar-refractivity contribution >= 4 is 39.2 Å². The molecule has 20 heavy (non-hydrogen) atoms. The number of hydrogen-bond donors (Lipinski definition) is 0. The van der Waals surface area contributed by atoms with E-state index in [0.717, 1.165) is 27.1 Å². The molecule has 0 saturated heterocycles. The topological polar surface area (TPSA) is 34.1 Å². The molecule has 0 unspecified atom stereocenters. The Hall–Kier alpha value is -2.74. The fourth-order valence-corrected chi connectivity index (χ4v) is 2.79. The third kappa shape index (κ3) is 1.45. The Kier molecular flexibility index (Phi) is 2.15. The summed E-state index contributed by atoms with van der Waals surface area (Å²) in [7, 11) is 0. The average Bonchev–Trinajstić information content (AvgIpc) is 2.48. The summed E-state index contributed by atoms with van der Waals surface area (Å²) in [5, 5.41) is 4.04. The van der Waals surface area contributed by atoms with E-state index in [1.807, 2.05) is 42.5 Å². The van der Waals surface area contributed by atoms with Gasteiger partial charge in [-0.2, -0.15) is 0 Å². The summed E-state index contributed by atoms with van der Waals surface area (Å²) in [6.45, 7) is 0. The minimum atomic E-state index is -0.446. The van der Waals surface area contributed by atoms with E-state index in [4.69, 9.17) is 0 Å². The smallest absolute Gasteiger partial charge is 0.234 e. The lowest BCUT2D eigenvalue weighted by Gasteiger charge is -2.12. The van der Waals surface area contributed by atoms with Gasteiger partial charge in [0.1, 0.15) is 0 Å². The molecule has 2 heteroatoms. The predicted molar refractivity (Wildman–Crippen MR) is 79.8 cm³/mol. The molecule has 0 spiro atoms. The summed E-state index contributed by atoms with van der Waals surface area (Å²) >= 11 is 0. The van der Waals surface area contributed by atoms with E-state index in [0.29, 0.717) is 5.56 Å². The van der Waals surface area contributed by atoms with Gasteiger partial charge >= 0.3 is 0 Å². The molecule has 2 nitrogen and oxygen atoms in total. The van der Waals surface area contributed by atoms with Gasteiger partial charge in [-0.05, 0) is 45.3 Å². The monoisotopic (exact) mass is 258 g/mol. The van der Waals surface area contributed by atoms with Gasteiger partial charge in [0.15, 0.2) is 0 Å². The van der Waals surface area contributed by atoms with Crippen LogP contribution in [0.25, 0.3) is 27.6 Å². The maximum Gasteiger partial charge on any atom is 0.234 e. The first-order valence-corrected chi connectivity index (χ1v) is 6.46. The number of allylic oxidation sites excluding steroid dienone is 1. The molecule has 0 radical (unpaired) electrons. The lowest BCUT2D eigenvalue weighted by Crippen LogP contribution is -2.16. The third-order valence-electron chi connectivity index (χ3n) is 3.78. The zero-order valence-corrected chi connectivity index (χ0v) is 10.6. The Morgan fingerprint density at radius 2 is 1.45 bits per heavy atom. The normalized spacial score (nSPS) is 14.0. The van der Waals surface area contributed by atoms with Crippen molar-refractivity contribution in [1.82, 2.24) is 0 Å². The second kappa shape index (κ2) is 3.87. The van der Waals surface area contributed by atoms with Crippen molar-refractivity contribution in [1.29, 1.82) is 0 Å². The molecule has 1 aliphatic carbocycles. The van der Waals surface area contributed by atoms with Crippen molar-refractivity contribution in [2.45, 2.75) is 0 Å². The highest BCUT2D eigenvalue weighted by molar-refractivity contribution is 6.51. The Bertz CT molecular complexity index is 933. The lowest BCUT2D eigenvalue weighted by molar-refractivity contribution is -0.110. The van der Waals surface area contributed by atoms with Crippen LogP contribution in [0.4, 0.5) is 0 Å². The van der Waals surface area contributed by atoms with Gasteiger partial charge in [-0.15, -0.1) is 0 Å². The molecule has 0 aliphatic heterocycles. The van der Waals surface area contributed by atoms with Crippen molar-refractivity contribution < 1.29 is 9.59 Å². The lowest BCUT2D eigenvalue weighted by atomic mass is 9.89. The van der Waals surface area contributed by atoms with E-state index in [1.165, 1.54) is 6.08 Å². The van der Waals surface area contributed by atoms with Crippen LogP contribution in [0, 0.1) is 0 Å². The molecule has 0 bridgehead atoms. The van der Waals surface area contributed by atoms with Crippen LogP contribution in [0.5, 0.6) is 0 Å². The van der Waals surface area contributed by atoms with E-state index in [2.05, 4.69) is 6.07 Å². The number of rotatable bonds is 0. The first kappa shape index (κ1) is 11.1. The van der Waals surface area contributed by atoms with Crippen LogP contribution >= 0.6 is 0 Å². The van der Waals surface area contributed by atoms with Crippen molar-refractivity contribution in [3.8, 4) is 0 Å². The third-order valence-corrected chi connectivity index (χ3v) is 3.78. The van der Waals surface area contributed by atoms with Crippen molar-refractivity contribution in [3.05, 3.63) is 65.7 Å². The Morgan fingerprint density at radius 1 is 0.700 bits per heavy atom. The second-order valence-electron chi connectivity index (χ2n) is 4.98. The first-order chi connectivity index (χ1) is 9.74. The zero-order chi connectivity index (χ0) is 13.7. The van der Waals surface area contributed by atoms with E-state index in [1.54, 1.807) is 6.08 Å². The second-order valence-corrected chi connectivity index (χ2v) is 4.98. The highest BCUT2D eigenvalue weighted by atomic mass is 16.2. The SMILES string of the molecule is O=C1C=Cc2ccc3cc4ccccc4cc3c2C1=O. The maximum atomic E-state index is 12.2. The van der Waals surface area contributed by atoms with Crippen LogP contribution in [-0.4, -0.2) is 11.6 Å².